The molecule has 0 spiro atoms. The number of ether oxygens (including phenoxy) is 1. The summed E-state index contributed by atoms with van der Waals surface area (Å²) in [4.78, 5) is 117. The molecule has 0 atom stereocenters. The number of anilines is 1. The van der Waals surface area contributed by atoms with E-state index < -0.39 is 28.8 Å². The van der Waals surface area contributed by atoms with Crippen molar-refractivity contribution in [1.29, 1.82) is 0 Å². The van der Waals surface area contributed by atoms with Crippen LogP contribution in [0.4, 0.5) is 28.2 Å². The maximum Gasteiger partial charge on any atom is 0.415 e. The second-order valence-corrected chi connectivity index (χ2v) is 32.6. The van der Waals surface area contributed by atoms with Gasteiger partial charge < -0.3 is 33.4 Å². The molecule has 5 saturated heterocycles. The minimum absolute atomic E-state index is 0.112. The van der Waals surface area contributed by atoms with Crippen molar-refractivity contribution >= 4 is 79.7 Å². The third-order valence-corrected chi connectivity index (χ3v) is 23.1. The average molecular weight is 1700 g/mol. The van der Waals surface area contributed by atoms with Gasteiger partial charge in [-0.25, -0.2) is 47.3 Å². The van der Waals surface area contributed by atoms with Crippen LogP contribution in [-0.4, -0.2) is 236 Å². The molecule has 0 saturated carbocycles. The number of likely N-dealkylation sites (tertiary alicyclic amines) is 4. The molecule has 0 aromatic carbocycles. The fraction of sp³-hybridized carbons (Fsp3) is 0.341. The molecular weight excluding hydrogens is 1610 g/mol. The number of fused-ring (bicyclic) bond motifs is 4. The molecule has 33 nitrogen and oxygen atoms in total. The fourth-order valence-corrected chi connectivity index (χ4v) is 15.4. The summed E-state index contributed by atoms with van der Waals surface area (Å²) in [6.07, 6.45) is 27.1. The maximum atomic E-state index is 14.1. The first-order chi connectivity index (χ1) is 60.1. The first-order valence-electron chi connectivity index (χ1n) is 41.1. The lowest BCUT2D eigenvalue weighted by Crippen LogP contribution is -2.43. The van der Waals surface area contributed by atoms with Gasteiger partial charge in [-0.15, -0.1) is 15.0 Å². The Hall–Kier alpha value is -14.4. The maximum absolute atomic E-state index is 14.1. The van der Waals surface area contributed by atoms with Gasteiger partial charge in [0, 0.05) is 156 Å². The Labute approximate surface area is 712 Å². The zero-order valence-electron chi connectivity index (χ0n) is 69.6. The number of rotatable bonds is 13. The molecule has 37 heteroatoms. The van der Waals surface area contributed by atoms with Crippen molar-refractivity contribution in [1.82, 2.24) is 118 Å². The molecule has 5 aliphatic rings. The quantitative estimate of drug-likeness (QED) is 0.0967. The van der Waals surface area contributed by atoms with Crippen LogP contribution in [0.2, 0.25) is 0 Å². The van der Waals surface area contributed by atoms with Gasteiger partial charge in [-0.05, 0) is 169 Å². The van der Waals surface area contributed by atoms with Crippen molar-refractivity contribution in [3.8, 4) is 51.3 Å². The minimum atomic E-state index is -1.20. The number of amides is 5. The van der Waals surface area contributed by atoms with Crippen LogP contribution in [0.3, 0.4) is 0 Å². The van der Waals surface area contributed by atoms with Gasteiger partial charge in [0.05, 0.1) is 82.5 Å². The first-order valence-corrected chi connectivity index (χ1v) is 41.1. The lowest BCUT2D eigenvalue weighted by molar-refractivity contribution is 0.0493. The molecule has 20 rings (SSSR count). The van der Waals surface area contributed by atoms with E-state index >= 15 is 0 Å². The Morgan fingerprint density at radius 2 is 0.800 bits per heavy atom. The van der Waals surface area contributed by atoms with E-state index in [1.165, 1.54) is 9.70 Å². The summed E-state index contributed by atoms with van der Waals surface area (Å²) >= 11 is 0. The number of hydrogen-bond donors (Lipinski definition) is 0. The first kappa shape index (κ1) is 82.9. The largest absolute Gasteiger partial charge is 0.447 e. The summed E-state index contributed by atoms with van der Waals surface area (Å²) in [5.41, 5.74) is 5.27. The molecule has 0 radical (unpaired) electrons. The van der Waals surface area contributed by atoms with E-state index in [0.717, 1.165) is 55.5 Å². The third-order valence-electron chi connectivity index (χ3n) is 23.1. The van der Waals surface area contributed by atoms with Gasteiger partial charge in [0.1, 0.15) is 69.1 Å². The summed E-state index contributed by atoms with van der Waals surface area (Å²) in [6, 6.07) is 26.0. The van der Waals surface area contributed by atoms with Crippen molar-refractivity contribution in [2.75, 3.05) is 70.4 Å². The lowest BCUT2D eigenvalue weighted by atomic mass is 9.95. The molecule has 0 bridgehead atoms. The van der Waals surface area contributed by atoms with Crippen LogP contribution in [0.15, 0.2) is 181 Å². The van der Waals surface area contributed by atoms with Gasteiger partial charge in [0.25, 0.3) is 23.6 Å². The zero-order chi connectivity index (χ0) is 87.1. The Bertz CT molecular complexity index is 6510. The number of alkyl halides is 4. The van der Waals surface area contributed by atoms with E-state index in [2.05, 4.69) is 75.6 Å². The van der Waals surface area contributed by atoms with E-state index in [4.69, 9.17) is 13.8 Å². The number of cyclic esters (lactones) is 1. The fourth-order valence-electron chi connectivity index (χ4n) is 15.4. The van der Waals surface area contributed by atoms with Gasteiger partial charge in [0.2, 0.25) is 23.4 Å². The number of carbonyl (C=O) groups excluding carboxylic acids is 5. The minimum Gasteiger partial charge on any atom is -0.447 e. The second-order valence-electron chi connectivity index (χ2n) is 32.6. The van der Waals surface area contributed by atoms with Crippen molar-refractivity contribution < 1.29 is 55.3 Å². The van der Waals surface area contributed by atoms with Crippen molar-refractivity contribution in [2.45, 2.75) is 129 Å². The van der Waals surface area contributed by atoms with Crippen LogP contribution >= 0.6 is 0 Å². The Balaban J connectivity index is 0.000000118. The molecule has 0 N–H and O–H groups in total. The van der Waals surface area contributed by atoms with E-state index in [0.29, 0.717) is 209 Å². The van der Waals surface area contributed by atoms with Crippen molar-refractivity contribution in [3.63, 3.8) is 0 Å². The molecule has 5 aliphatic heterocycles. The molecule has 15 aromatic heterocycles. The molecule has 5 fully saturated rings. The number of piperidine rings is 4. The average Bonchev–Trinajstić information content (AvgIpc) is 1.67. The smallest absolute Gasteiger partial charge is 0.415 e. The predicted molar refractivity (Wildman–Crippen MR) is 451 cm³/mol. The molecule has 15 aromatic rings. The summed E-state index contributed by atoms with van der Waals surface area (Å²) in [7, 11) is 0. The van der Waals surface area contributed by atoms with E-state index in [-0.39, 0.29) is 23.6 Å². The van der Waals surface area contributed by atoms with Crippen LogP contribution < -0.4 is 4.90 Å². The Morgan fingerprint density at radius 3 is 1.16 bits per heavy atom. The summed E-state index contributed by atoms with van der Waals surface area (Å²) in [5, 5.41) is 23.6. The third kappa shape index (κ3) is 18.1. The van der Waals surface area contributed by atoms with Crippen LogP contribution in [0, 0.1) is 13.8 Å². The molecule has 0 unspecified atom stereocenters. The Morgan fingerprint density at radius 1 is 0.416 bits per heavy atom. The van der Waals surface area contributed by atoms with Gasteiger partial charge in [-0.2, -0.15) is 9.97 Å². The van der Waals surface area contributed by atoms with Gasteiger partial charge in [-0.3, -0.25) is 57.3 Å². The highest BCUT2D eigenvalue weighted by Gasteiger charge is 2.37. The highest BCUT2D eigenvalue weighted by Crippen LogP contribution is 2.34. The van der Waals surface area contributed by atoms with E-state index in [9.17, 15) is 41.5 Å². The van der Waals surface area contributed by atoms with E-state index in [1.807, 2.05) is 129 Å². The summed E-state index contributed by atoms with van der Waals surface area (Å²) < 4.78 is 78.7. The number of aromatic nitrogens is 20. The van der Waals surface area contributed by atoms with Crippen LogP contribution in [0.5, 0.6) is 0 Å². The number of hydrogen-bond acceptors (Lipinski definition) is 23. The SMILES string of the molecule is CC1(F)CCN(C(=O)c2cnc3c(ccn3-c3ccc(N4CCOC4=O)nc3)c2)CC1.CCc1nnn(-c2cncc(-n3ccc4cc(C(=O)N5CCC(C)(F)CC5)cnc43)c2)n1.Cc1nc(-c2ccc(-n3ccc4cc(C(=O)N5CCC(C)(F)CC5)cnc43)cn2)no1.Cc1nc(-c2cncc(-n3ccc4cc(C(=O)N5CCC(C)(F)CC5)cnc43)c2)no1. The van der Waals surface area contributed by atoms with Gasteiger partial charge in [0.15, 0.2) is 5.82 Å². The number of tetrazole rings is 1. The van der Waals surface area contributed by atoms with Gasteiger partial charge in [-0.1, -0.05) is 17.2 Å². The number of halogens is 4. The molecule has 640 valence electrons. The topological polar surface area (TPSA) is 355 Å². The summed E-state index contributed by atoms with van der Waals surface area (Å²) in [6.45, 7) is 16.0. The number of nitrogens with zero attached hydrogens (tertiary/aromatic N) is 25. The molecule has 5 amide bonds. The standard InChI is InChI=1S/C22H23FN8O.2C22H21FN6O2.C22H22FN5O3/c1-3-19-26-28-31(27-19)18-11-17(13-24-14-18)30-7-4-15-10-16(12-25-20(15)30)21(32)29-8-5-22(2,23)6-9-29;1-14-26-19(27-31-14)16-10-18(13-24-11-16)29-6-3-15-9-17(12-25-20(15)29)21(30)28-7-4-22(2,23)5-8-28;1-14-26-19(27-31-14)18-4-3-17(13-24-18)29-8-5-15-11-16(12-25-20(15)29)21(30)28-9-6-22(2,23)7-10-28;1-22(23)5-8-26(9-6-22)20(29)16-12-15-4-7-27(19(15)25-13-16)17-2-3-18(24-14-17)28-10-11-31-21(28)30/h4,7,10-14H,3,5-6,8-9H2,1-2H3;3,6,9-13H,4-5,7-8H2,1-2H3;3-5,8,11-13H,6-7,9-10H2,1-2H3;2-4,7,12-14H,5-6,8-11H2,1H3. The Kier molecular flexibility index (Phi) is 22.6. The van der Waals surface area contributed by atoms with Crippen LogP contribution in [0.25, 0.3) is 95.5 Å². The van der Waals surface area contributed by atoms with Crippen LogP contribution in [-0.2, 0) is 11.2 Å². The van der Waals surface area contributed by atoms with Gasteiger partial charge >= 0.3 is 6.09 Å². The molecule has 125 heavy (non-hydrogen) atoms. The van der Waals surface area contributed by atoms with Crippen molar-refractivity contribution in [3.05, 3.63) is 212 Å². The lowest BCUT2D eigenvalue weighted by Gasteiger charge is -2.34. The zero-order valence-corrected chi connectivity index (χ0v) is 69.6. The number of pyridine rings is 8. The molecular formula is C88H87F4N25O8. The number of carbonyl (C=O) groups is 5. The highest BCUT2D eigenvalue weighted by atomic mass is 19.2. The highest BCUT2D eigenvalue weighted by molar-refractivity contribution is 6.00. The van der Waals surface area contributed by atoms with Crippen LogP contribution in [0.1, 0.15) is 145 Å². The molecule has 20 heterocycles. The second kappa shape index (κ2) is 34.1. The number of aryl methyl sites for hydroxylation is 3. The monoisotopic (exact) mass is 1700 g/mol. The predicted octanol–water partition coefficient (Wildman–Crippen LogP) is 13.8. The van der Waals surface area contributed by atoms with E-state index in [1.54, 1.807) is 129 Å². The summed E-state index contributed by atoms with van der Waals surface area (Å²) in [5.74, 6) is 2.60. The molecule has 0 aliphatic carbocycles. The van der Waals surface area contributed by atoms with Crippen molar-refractivity contribution in [2.24, 2.45) is 0 Å². The normalized spacial score (nSPS) is 16.6.